The molecular weight excluding hydrogens is 1120 g/mol. The first-order valence-corrected chi connectivity index (χ1v) is 38.5. The van der Waals surface area contributed by atoms with E-state index in [1.807, 2.05) is 27.2 Å². The second kappa shape index (κ2) is 69.0. The maximum absolute atomic E-state index is 13.1. The zero-order valence-electron chi connectivity index (χ0n) is 58.6. The number of aliphatic hydroxyl groups excluding tert-OH is 1. The molecule has 8 nitrogen and oxygen atoms in total. The average Bonchev–Trinajstić information content (AvgIpc) is 3.55. The standard InChI is InChI=1S/C80H141N2O6P/c1-6-8-10-12-14-16-18-20-22-24-26-28-30-32-34-36-37-38-39-40-41-42-43-44-45-46-48-50-52-54-56-58-60-62-64-66-68-70-72-74-80(84)81-78(77-88-89(85,86)87-76-75-82(3,4)5)79(83)73-71-69-67-65-63-61-59-57-55-53-51-49-47-35-33-31-29-27-25-23-21-19-17-15-13-11-9-7-2/h8,10,14,16,20,22,26,28,32,34,37-38,40-41,43-44,55,57,63,65,71,73,78-79,83H,6-7,9,11-13,15,17-19,21,23-25,27,29-31,33,35-36,39,42,45-54,56,58-62,64,66-70,72,74-77H2,1-5H3,(H-,81,84,85,86)/b10-8-,16-14-,22-20-,28-26-,34-32-,38-37-,41-40-,44-43-,57-55+,65-63+,73-71+. The molecule has 3 unspecified atom stereocenters. The van der Waals surface area contributed by atoms with Crippen LogP contribution in [-0.2, 0) is 18.4 Å². The highest BCUT2D eigenvalue weighted by atomic mass is 31.2. The van der Waals surface area contributed by atoms with E-state index in [0.717, 1.165) is 96.3 Å². The Balaban J connectivity index is 4.12. The fraction of sp³-hybridized carbons (Fsp3) is 0.713. The van der Waals surface area contributed by atoms with Crippen molar-refractivity contribution in [2.24, 2.45) is 0 Å². The second-order valence-corrected chi connectivity index (χ2v) is 27.3. The molecule has 9 heteroatoms. The van der Waals surface area contributed by atoms with Crippen LogP contribution in [0.5, 0.6) is 0 Å². The van der Waals surface area contributed by atoms with E-state index < -0.39 is 26.6 Å². The van der Waals surface area contributed by atoms with Crippen molar-refractivity contribution in [3.8, 4) is 0 Å². The molecule has 0 radical (unpaired) electrons. The number of unbranched alkanes of at least 4 members (excludes halogenated alkanes) is 34. The van der Waals surface area contributed by atoms with Crippen LogP contribution in [0.2, 0.25) is 0 Å². The Labute approximate surface area is 551 Å². The molecule has 0 spiro atoms. The third kappa shape index (κ3) is 71.9. The number of rotatable bonds is 67. The first-order valence-electron chi connectivity index (χ1n) is 37.0. The van der Waals surface area contributed by atoms with E-state index in [4.69, 9.17) is 9.05 Å². The molecule has 512 valence electrons. The number of quaternary nitrogens is 1. The van der Waals surface area contributed by atoms with Gasteiger partial charge in [0, 0.05) is 6.42 Å². The summed E-state index contributed by atoms with van der Waals surface area (Å²) in [6.45, 7) is 4.53. The molecule has 89 heavy (non-hydrogen) atoms. The summed E-state index contributed by atoms with van der Waals surface area (Å²) in [5.41, 5.74) is 0. The number of phosphoric acid groups is 1. The zero-order valence-corrected chi connectivity index (χ0v) is 59.5. The molecule has 0 heterocycles. The lowest BCUT2D eigenvalue weighted by atomic mass is 10.0. The number of allylic oxidation sites excluding steroid dienone is 21. The fourth-order valence-electron chi connectivity index (χ4n) is 10.4. The SMILES string of the molecule is CC/C=C\C/C=C\C/C=C\C/C=C\C/C=C\C/C=C\C/C=C\C/C=C\CCCCCCCCCCCCCCCCC(=O)NC(COP(=O)([O-])OCC[N+](C)(C)C)C(O)/C=C/CC/C=C/CC/C=C/CCCCCCCCCCCCCCCCCCCC. The van der Waals surface area contributed by atoms with Crippen molar-refractivity contribution in [2.75, 3.05) is 40.9 Å². The molecule has 0 bridgehead atoms. The first kappa shape index (κ1) is 85.6. The molecule has 0 aromatic rings. The molecule has 0 fully saturated rings. The molecule has 0 aliphatic rings. The summed E-state index contributed by atoms with van der Waals surface area (Å²) in [6.07, 6.45) is 104. The van der Waals surface area contributed by atoms with Gasteiger partial charge < -0.3 is 28.8 Å². The van der Waals surface area contributed by atoms with Gasteiger partial charge in [-0.25, -0.2) is 0 Å². The lowest BCUT2D eigenvalue weighted by Gasteiger charge is -2.29. The summed E-state index contributed by atoms with van der Waals surface area (Å²) >= 11 is 0. The maximum Gasteiger partial charge on any atom is 0.268 e. The number of amides is 1. The quantitative estimate of drug-likeness (QED) is 0.0272. The van der Waals surface area contributed by atoms with Gasteiger partial charge >= 0.3 is 0 Å². The number of hydrogen-bond acceptors (Lipinski definition) is 6. The van der Waals surface area contributed by atoms with Crippen molar-refractivity contribution >= 4 is 13.7 Å². The Morgan fingerprint density at radius 3 is 1.04 bits per heavy atom. The maximum atomic E-state index is 13.1. The second-order valence-electron chi connectivity index (χ2n) is 25.9. The molecular formula is C80H141N2O6P. The van der Waals surface area contributed by atoms with Crippen LogP contribution in [0.15, 0.2) is 134 Å². The first-order chi connectivity index (χ1) is 43.5. The van der Waals surface area contributed by atoms with Gasteiger partial charge in [-0.1, -0.05) is 334 Å². The number of phosphoric ester groups is 1. The van der Waals surface area contributed by atoms with E-state index in [0.29, 0.717) is 17.4 Å². The van der Waals surface area contributed by atoms with Gasteiger partial charge in [0.2, 0.25) is 5.91 Å². The number of carbonyl (C=O) groups excluding carboxylic acids is 1. The highest BCUT2D eigenvalue weighted by Gasteiger charge is 2.23. The lowest BCUT2D eigenvalue weighted by molar-refractivity contribution is -0.870. The minimum atomic E-state index is -4.63. The molecule has 0 saturated carbocycles. The normalized spacial score (nSPS) is 14.4. The van der Waals surface area contributed by atoms with Gasteiger partial charge in [0.15, 0.2) is 0 Å². The molecule has 0 aliphatic heterocycles. The van der Waals surface area contributed by atoms with Crippen LogP contribution >= 0.6 is 7.82 Å². The third-order valence-electron chi connectivity index (χ3n) is 16.1. The average molecular weight is 1260 g/mol. The van der Waals surface area contributed by atoms with Crippen LogP contribution in [-0.4, -0.2) is 68.5 Å². The molecule has 0 aromatic heterocycles. The van der Waals surface area contributed by atoms with Crippen molar-refractivity contribution in [3.63, 3.8) is 0 Å². The van der Waals surface area contributed by atoms with Gasteiger partial charge in [-0.05, 0) is 109 Å². The van der Waals surface area contributed by atoms with Gasteiger partial charge in [-0.2, -0.15) is 0 Å². The van der Waals surface area contributed by atoms with Crippen LogP contribution < -0.4 is 10.2 Å². The summed E-state index contributed by atoms with van der Waals surface area (Å²) in [5, 5.41) is 13.9. The van der Waals surface area contributed by atoms with Gasteiger partial charge in [0.25, 0.3) is 7.82 Å². The van der Waals surface area contributed by atoms with E-state index in [1.54, 1.807) is 6.08 Å². The number of aliphatic hydroxyl groups is 1. The van der Waals surface area contributed by atoms with E-state index in [1.165, 1.54) is 199 Å². The molecule has 1 amide bonds. The van der Waals surface area contributed by atoms with Crippen molar-refractivity contribution in [3.05, 3.63) is 134 Å². The van der Waals surface area contributed by atoms with Crippen LogP contribution in [0.25, 0.3) is 0 Å². The molecule has 0 aliphatic carbocycles. The minimum absolute atomic E-state index is 0.0139. The molecule has 3 atom stereocenters. The molecule has 2 N–H and O–H groups in total. The van der Waals surface area contributed by atoms with Gasteiger partial charge in [-0.15, -0.1) is 0 Å². The minimum Gasteiger partial charge on any atom is -0.756 e. The van der Waals surface area contributed by atoms with E-state index in [2.05, 4.69) is 141 Å². The van der Waals surface area contributed by atoms with Crippen LogP contribution in [0.3, 0.4) is 0 Å². The topological polar surface area (TPSA) is 108 Å². The van der Waals surface area contributed by atoms with E-state index >= 15 is 0 Å². The zero-order chi connectivity index (χ0) is 64.8. The van der Waals surface area contributed by atoms with Gasteiger partial charge in [0.1, 0.15) is 13.2 Å². The summed E-state index contributed by atoms with van der Waals surface area (Å²) in [6, 6.07) is -0.920. The largest absolute Gasteiger partial charge is 0.756 e. The molecule has 0 rings (SSSR count). The Morgan fingerprint density at radius 1 is 0.404 bits per heavy atom. The summed E-state index contributed by atoms with van der Waals surface area (Å²) in [5.74, 6) is -0.214. The Hall–Kier alpha value is -3.36. The molecule has 0 aromatic carbocycles. The summed E-state index contributed by atoms with van der Waals surface area (Å²) < 4.78 is 23.5. The van der Waals surface area contributed by atoms with Gasteiger partial charge in [-0.3, -0.25) is 9.36 Å². The predicted octanol–water partition coefficient (Wildman–Crippen LogP) is 23.5. The Bertz CT molecular complexity index is 1920. The van der Waals surface area contributed by atoms with Crippen molar-refractivity contribution in [1.29, 1.82) is 0 Å². The fourth-order valence-corrected chi connectivity index (χ4v) is 11.1. The van der Waals surface area contributed by atoms with Crippen molar-refractivity contribution in [1.82, 2.24) is 5.32 Å². The van der Waals surface area contributed by atoms with E-state index in [9.17, 15) is 19.4 Å². The number of nitrogens with one attached hydrogen (secondary N) is 1. The summed E-state index contributed by atoms with van der Waals surface area (Å²) in [7, 11) is 1.23. The van der Waals surface area contributed by atoms with Crippen LogP contribution in [0.1, 0.15) is 316 Å². The van der Waals surface area contributed by atoms with Gasteiger partial charge in [0.05, 0.1) is 39.9 Å². The van der Waals surface area contributed by atoms with Crippen molar-refractivity contribution < 1.29 is 32.9 Å². The smallest absolute Gasteiger partial charge is 0.268 e. The third-order valence-corrected chi connectivity index (χ3v) is 17.0. The summed E-state index contributed by atoms with van der Waals surface area (Å²) in [4.78, 5) is 25.7. The number of hydrogen-bond donors (Lipinski definition) is 2. The van der Waals surface area contributed by atoms with Crippen molar-refractivity contribution in [2.45, 2.75) is 328 Å². The predicted molar refractivity (Wildman–Crippen MR) is 389 cm³/mol. The Morgan fingerprint density at radius 2 is 0.697 bits per heavy atom. The Kier molecular flexibility index (Phi) is 66.4. The number of carbonyl (C=O) groups is 1. The highest BCUT2D eigenvalue weighted by Crippen LogP contribution is 2.38. The number of likely N-dealkylation sites (N-methyl/N-ethyl adjacent to an activating group) is 1. The molecule has 0 saturated heterocycles. The lowest BCUT2D eigenvalue weighted by Crippen LogP contribution is -2.45. The highest BCUT2D eigenvalue weighted by molar-refractivity contribution is 7.45. The number of nitrogens with zero attached hydrogens (tertiary/aromatic N) is 1. The van der Waals surface area contributed by atoms with Crippen LogP contribution in [0, 0.1) is 0 Å². The monoisotopic (exact) mass is 1260 g/mol. The van der Waals surface area contributed by atoms with Crippen LogP contribution in [0.4, 0.5) is 0 Å². The van der Waals surface area contributed by atoms with E-state index in [-0.39, 0.29) is 12.5 Å².